The zero-order valence-electron chi connectivity index (χ0n) is 16.3. The van der Waals surface area contributed by atoms with Crippen molar-refractivity contribution >= 4 is 16.6 Å². The first kappa shape index (κ1) is 19.1. The number of methoxy groups -OCH3 is 1. The van der Waals surface area contributed by atoms with Crippen LogP contribution in [0.5, 0.6) is 5.75 Å². The summed E-state index contributed by atoms with van der Waals surface area (Å²) < 4.78 is 49.7. The highest BCUT2D eigenvalue weighted by atomic mass is 19.4. The zero-order chi connectivity index (χ0) is 21.6. The molecule has 9 heteroatoms. The van der Waals surface area contributed by atoms with Crippen molar-refractivity contribution < 1.29 is 17.9 Å². The number of nitrogens with zero attached hydrogens (tertiary/aromatic N) is 5. The monoisotopic (exact) mass is 423 g/mol. The third-order valence-corrected chi connectivity index (χ3v) is 5.11. The van der Waals surface area contributed by atoms with Gasteiger partial charge in [-0.25, -0.2) is 4.98 Å². The van der Waals surface area contributed by atoms with Gasteiger partial charge in [0.2, 0.25) is 0 Å². The lowest BCUT2D eigenvalue weighted by atomic mass is 10.1. The van der Waals surface area contributed by atoms with Crippen molar-refractivity contribution in [2.75, 3.05) is 7.11 Å². The maximum Gasteiger partial charge on any atom is 0.413 e. The first-order chi connectivity index (χ1) is 15.0. The van der Waals surface area contributed by atoms with E-state index in [0.29, 0.717) is 28.4 Å². The van der Waals surface area contributed by atoms with Gasteiger partial charge in [0.15, 0.2) is 17.5 Å². The fraction of sp³-hybridized carbons (Fsp3) is 0.136. The number of benzene rings is 1. The number of hydrogen-bond acceptors (Lipinski definition) is 4. The molecule has 1 unspecified atom stereocenters. The second-order valence-corrected chi connectivity index (χ2v) is 7.02. The number of pyridine rings is 2. The van der Waals surface area contributed by atoms with Crippen molar-refractivity contribution in [1.82, 2.24) is 24.1 Å². The summed E-state index contributed by atoms with van der Waals surface area (Å²) in [5.41, 5.74) is 1.60. The number of ether oxygens (including phenoxy) is 1. The predicted octanol–water partition coefficient (Wildman–Crippen LogP) is 4.91. The minimum Gasteiger partial charge on any atom is -0.494 e. The molecule has 4 aromatic heterocycles. The maximum atomic E-state index is 13.9. The Bertz CT molecular complexity index is 1380. The van der Waals surface area contributed by atoms with Crippen LogP contribution in [0.4, 0.5) is 13.2 Å². The molecule has 0 N–H and O–H groups in total. The highest BCUT2D eigenvalue weighted by molar-refractivity contribution is 5.86. The molecule has 0 amide bonds. The molecule has 31 heavy (non-hydrogen) atoms. The number of aromatic nitrogens is 5. The van der Waals surface area contributed by atoms with Crippen LogP contribution in [0.1, 0.15) is 11.6 Å². The molecule has 0 fully saturated rings. The third-order valence-electron chi connectivity index (χ3n) is 5.11. The van der Waals surface area contributed by atoms with E-state index in [2.05, 4.69) is 15.2 Å². The largest absolute Gasteiger partial charge is 0.494 e. The quantitative estimate of drug-likeness (QED) is 0.412. The van der Waals surface area contributed by atoms with Gasteiger partial charge < -0.3 is 9.30 Å². The standard InChI is InChI=1S/C22H16F3N5O/c1-31-17-6-4-5-14-7-9-16(26-19(14)17)21-28-27-18-10-8-15(13-30(18)21)20(22(23,24)25)29-11-2-3-12-29/h2-13,20H,1H3. The second-order valence-electron chi connectivity index (χ2n) is 7.02. The molecule has 5 aromatic rings. The molecule has 0 saturated carbocycles. The van der Waals surface area contributed by atoms with Gasteiger partial charge in [0.1, 0.15) is 17.0 Å². The molecule has 0 bridgehead atoms. The molecule has 0 spiro atoms. The number of fused-ring (bicyclic) bond motifs is 2. The highest BCUT2D eigenvalue weighted by Gasteiger charge is 2.42. The van der Waals surface area contributed by atoms with Crippen LogP contribution in [0.15, 0.2) is 73.2 Å². The third kappa shape index (κ3) is 3.27. The molecule has 156 valence electrons. The van der Waals surface area contributed by atoms with Crippen LogP contribution < -0.4 is 4.74 Å². The normalized spacial score (nSPS) is 13.0. The molecule has 6 nitrogen and oxygen atoms in total. The van der Waals surface area contributed by atoms with Gasteiger partial charge in [-0.2, -0.15) is 13.2 Å². The predicted molar refractivity (Wildman–Crippen MR) is 109 cm³/mol. The topological polar surface area (TPSA) is 57.2 Å². The summed E-state index contributed by atoms with van der Waals surface area (Å²) in [6.45, 7) is 0. The number of para-hydroxylation sites is 1. The van der Waals surface area contributed by atoms with Gasteiger partial charge in [-0.15, -0.1) is 10.2 Å². The van der Waals surface area contributed by atoms with Crippen molar-refractivity contribution in [2.45, 2.75) is 12.2 Å². The summed E-state index contributed by atoms with van der Waals surface area (Å²) in [7, 11) is 1.56. The maximum absolute atomic E-state index is 13.9. The average molecular weight is 423 g/mol. The van der Waals surface area contributed by atoms with Crippen LogP contribution in [0.2, 0.25) is 0 Å². The van der Waals surface area contributed by atoms with E-state index >= 15 is 0 Å². The van der Waals surface area contributed by atoms with E-state index in [1.165, 1.54) is 35.1 Å². The summed E-state index contributed by atoms with van der Waals surface area (Å²) in [6.07, 6.45) is -0.272. The highest BCUT2D eigenvalue weighted by Crippen LogP contribution is 2.36. The first-order valence-corrected chi connectivity index (χ1v) is 9.44. The van der Waals surface area contributed by atoms with E-state index in [4.69, 9.17) is 4.74 Å². The number of hydrogen-bond donors (Lipinski definition) is 0. The molecule has 1 atom stereocenters. The van der Waals surface area contributed by atoms with Gasteiger partial charge >= 0.3 is 6.18 Å². The number of alkyl halides is 3. The summed E-state index contributed by atoms with van der Waals surface area (Å²) >= 11 is 0. The Morgan fingerprint density at radius 3 is 2.48 bits per heavy atom. The summed E-state index contributed by atoms with van der Waals surface area (Å²) in [6, 6.07) is 13.4. The Kier molecular flexibility index (Phi) is 4.39. The molecule has 0 saturated heterocycles. The van der Waals surface area contributed by atoms with Gasteiger partial charge in [0.05, 0.1) is 7.11 Å². The first-order valence-electron chi connectivity index (χ1n) is 9.44. The SMILES string of the molecule is COc1cccc2ccc(-c3nnc4ccc(C(n5cccc5)C(F)(F)F)cn34)nc12. The fourth-order valence-corrected chi connectivity index (χ4v) is 3.70. The molecular weight excluding hydrogens is 407 g/mol. The summed E-state index contributed by atoms with van der Waals surface area (Å²) in [5.74, 6) is 0.941. The van der Waals surface area contributed by atoms with Gasteiger partial charge in [-0.05, 0) is 30.3 Å². The zero-order valence-corrected chi connectivity index (χ0v) is 16.3. The van der Waals surface area contributed by atoms with Crippen LogP contribution >= 0.6 is 0 Å². The minimum atomic E-state index is -4.48. The van der Waals surface area contributed by atoms with E-state index in [0.717, 1.165) is 9.95 Å². The Hall–Kier alpha value is -3.88. The van der Waals surface area contributed by atoms with Crippen molar-refractivity contribution in [2.24, 2.45) is 0 Å². The summed E-state index contributed by atoms with van der Waals surface area (Å²) in [4.78, 5) is 4.64. The molecule has 0 radical (unpaired) electrons. The Morgan fingerprint density at radius 2 is 1.74 bits per heavy atom. The molecular formula is C22H16F3N5O. The van der Waals surface area contributed by atoms with Gasteiger partial charge in [0, 0.05) is 29.5 Å². The Balaban J connectivity index is 1.67. The van der Waals surface area contributed by atoms with Gasteiger partial charge in [-0.1, -0.05) is 24.3 Å². The van der Waals surface area contributed by atoms with Crippen molar-refractivity contribution in [3.05, 3.63) is 78.8 Å². The van der Waals surface area contributed by atoms with Gasteiger partial charge in [-0.3, -0.25) is 4.40 Å². The van der Waals surface area contributed by atoms with E-state index in [1.807, 2.05) is 18.2 Å². The Morgan fingerprint density at radius 1 is 0.935 bits per heavy atom. The molecule has 1 aromatic carbocycles. The lowest BCUT2D eigenvalue weighted by Gasteiger charge is -2.22. The fourth-order valence-electron chi connectivity index (χ4n) is 3.70. The van der Waals surface area contributed by atoms with Crippen molar-refractivity contribution in [1.29, 1.82) is 0 Å². The lowest BCUT2D eigenvalue weighted by molar-refractivity contribution is -0.156. The lowest BCUT2D eigenvalue weighted by Crippen LogP contribution is -2.27. The van der Waals surface area contributed by atoms with E-state index in [-0.39, 0.29) is 5.56 Å². The number of halogens is 3. The van der Waals surface area contributed by atoms with E-state index in [1.54, 1.807) is 31.4 Å². The second kappa shape index (κ2) is 7.12. The van der Waals surface area contributed by atoms with Crippen molar-refractivity contribution in [3.63, 3.8) is 0 Å². The van der Waals surface area contributed by atoms with Gasteiger partial charge in [0.25, 0.3) is 0 Å². The Labute approximate surface area is 174 Å². The van der Waals surface area contributed by atoms with E-state index in [9.17, 15) is 13.2 Å². The number of rotatable bonds is 4. The molecule has 0 aliphatic heterocycles. The van der Waals surface area contributed by atoms with Crippen LogP contribution in [-0.2, 0) is 0 Å². The van der Waals surface area contributed by atoms with Crippen LogP contribution in [0.3, 0.4) is 0 Å². The minimum absolute atomic E-state index is 0.0654. The van der Waals surface area contributed by atoms with Crippen molar-refractivity contribution in [3.8, 4) is 17.3 Å². The molecule has 5 rings (SSSR count). The molecule has 4 heterocycles. The molecule has 0 aliphatic carbocycles. The van der Waals surface area contributed by atoms with E-state index < -0.39 is 12.2 Å². The summed E-state index contributed by atoms with van der Waals surface area (Å²) in [5, 5.41) is 9.15. The smallest absolute Gasteiger partial charge is 0.413 e. The molecule has 0 aliphatic rings. The van der Waals surface area contributed by atoms with Crippen LogP contribution in [0.25, 0.3) is 28.1 Å². The van der Waals surface area contributed by atoms with Crippen LogP contribution in [0, 0.1) is 0 Å². The average Bonchev–Trinajstić information content (AvgIpc) is 3.42. The van der Waals surface area contributed by atoms with Crippen LogP contribution in [-0.4, -0.2) is 37.4 Å².